The van der Waals surface area contributed by atoms with Crippen molar-refractivity contribution in [3.05, 3.63) is 143 Å². The van der Waals surface area contributed by atoms with Crippen LogP contribution in [0.3, 0.4) is 0 Å². The fourth-order valence-electron chi connectivity index (χ4n) is 6.68. The van der Waals surface area contributed by atoms with Gasteiger partial charge in [-0.3, -0.25) is 28.6 Å². The van der Waals surface area contributed by atoms with Gasteiger partial charge in [-0.1, -0.05) is 34.6 Å². The lowest BCUT2D eigenvalue weighted by Gasteiger charge is -2.34. The normalized spacial score (nSPS) is 13.0. The Morgan fingerprint density at radius 3 is 1.24 bits per heavy atom. The molecule has 0 radical (unpaired) electrons. The van der Waals surface area contributed by atoms with E-state index in [2.05, 4.69) is 30.4 Å². The lowest BCUT2D eigenvalue weighted by Crippen LogP contribution is -2.52. The average molecular weight is 1020 g/mol. The quantitative estimate of drug-likeness (QED) is 0.0643. The molecule has 6 aromatic rings. The van der Waals surface area contributed by atoms with Gasteiger partial charge in [-0.25, -0.2) is 16.8 Å². The molecule has 1 aliphatic heterocycles. The van der Waals surface area contributed by atoms with Crippen molar-refractivity contribution in [3.8, 4) is 23.6 Å². The number of nitrogens with one attached hydrogen (secondary N) is 4. The van der Waals surface area contributed by atoms with E-state index in [0.717, 1.165) is 0 Å². The minimum atomic E-state index is -3.97. The number of carbonyl (C=O) groups is 4. The fraction of sp³-hybridized carbons (Fsp3) is 0.167. The molecule has 3 heterocycles. The number of amides is 4. The second kappa shape index (κ2) is 22.4. The van der Waals surface area contributed by atoms with Crippen molar-refractivity contribution in [1.29, 1.82) is 10.5 Å². The molecule has 4 amide bonds. The highest BCUT2D eigenvalue weighted by molar-refractivity contribution is 7.93. The van der Waals surface area contributed by atoms with Crippen LogP contribution in [0.15, 0.2) is 139 Å². The number of nitriles is 2. The molecule has 22 nitrogen and oxygen atoms in total. The summed E-state index contributed by atoms with van der Waals surface area (Å²) in [6.07, 6.45) is 2.72. The Bertz CT molecular complexity index is 3120. The van der Waals surface area contributed by atoms with Gasteiger partial charge >= 0.3 is 0 Å². The predicted molar refractivity (Wildman–Crippen MR) is 258 cm³/mol. The third-order valence-electron chi connectivity index (χ3n) is 10.4. The van der Waals surface area contributed by atoms with Crippen LogP contribution in [0.5, 0.6) is 11.5 Å². The first-order valence-corrected chi connectivity index (χ1v) is 24.4. The van der Waals surface area contributed by atoms with Crippen LogP contribution in [-0.4, -0.2) is 100.0 Å². The van der Waals surface area contributed by atoms with Gasteiger partial charge in [0, 0.05) is 49.7 Å². The first-order chi connectivity index (χ1) is 34.5. The van der Waals surface area contributed by atoms with E-state index in [0.29, 0.717) is 34.1 Å². The van der Waals surface area contributed by atoms with E-state index in [1.165, 1.54) is 72.8 Å². The number of hydrogen-bond donors (Lipinski definition) is 4. The van der Waals surface area contributed by atoms with E-state index in [-0.39, 0.29) is 95.2 Å². The van der Waals surface area contributed by atoms with Crippen LogP contribution in [0.2, 0.25) is 0 Å². The molecule has 1 aliphatic rings. The molecule has 4 aromatic carbocycles. The molecule has 0 unspecified atom stereocenters. The maximum atomic E-state index is 13.0. The van der Waals surface area contributed by atoms with Gasteiger partial charge in [0.2, 0.25) is 0 Å². The maximum Gasteiger partial charge on any atom is 0.266 e. The van der Waals surface area contributed by atoms with Crippen molar-refractivity contribution in [2.24, 2.45) is 0 Å². The Morgan fingerprint density at radius 2 is 0.931 bits per heavy atom. The van der Waals surface area contributed by atoms with Crippen LogP contribution in [0.25, 0.3) is 12.2 Å². The highest BCUT2D eigenvalue weighted by Crippen LogP contribution is 2.22. The summed E-state index contributed by atoms with van der Waals surface area (Å²) in [6.45, 7) is 3.77. The van der Waals surface area contributed by atoms with Crippen molar-refractivity contribution in [2.75, 3.05) is 59.5 Å². The van der Waals surface area contributed by atoms with E-state index in [4.69, 9.17) is 18.5 Å². The number of anilines is 4. The van der Waals surface area contributed by atoms with Crippen molar-refractivity contribution in [2.45, 2.75) is 23.6 Å². The smallest absolute Gasteiger partial charge is 0.266 e. The summed E-state index contributed by atoms with van der Waals surface area (Å²) in [5.41, 5.74) is 1.04. The maximum absolute atomic E-state index is 13.0. The molecular weight excluding hydrogens is 973 g/mol. The van der Waals surface area contributed by atoms with E-state index in [1.807, 2.05) is 12.1 Å². The minimum absolute atomic E-state index is 0.0190. The molecule has 0 saturated carbocycles. The van der Waals surface area contributed by atoms with Gasteiger partial charge in [-0.2, -0.15) is 10.5 Å². The zero-order valence-corrected chi connectivity index (χ0v) is 39.8. The van der Waals surface area contributed by atoms with Gasteiger partial charge < -0.3 is 39.0 Å². The molecule has 1 saturated heterocycles. The van der Waals surface area contributed by atoms with Crippen molar-refractivity contribution in [1.82, 2.24) is 20.1 Å². The molecule has 4 N–H and O–H groups in total. The number of ether oxygens (including phenoxy) is 2. The van der Waals surface area contributed by atoms with Crippen LogP contribution in [0.1, 0.15) is 22.6 Å². The summed E-state index contributed by atoms with van der Waals surface area (Å²) >= 11 is 0. The molecule has 24 heteroatoms. The molecule has 1 fully saturated rings. The number of sulfonamides is 2. The Hall–Kier alpha value is -9.26. The second-order valence-electron chi connectivity index (χ2n) is 15.6. The van der Waals surface area contributed by atoms with E-state index in [1.54, 1.807) is 72.2 Å². The predicted octanol–water partition coefficient (Wildman–Crippen LogP) is 5.10. The third-order valence-corrected chi connectivity index (χ3v) is 13.1. The molecule has 72 heavy (non-hydrogen) atoms. The highest BCUT2D eigenvalue weighted by atomic mass is 32.2. The molecule has 0 aliphatic carbocycles. The van der Waals surface area contributed by atoms with E-state index >= 15 is 0 Å². The number of aromatic nitrogens is 2. The third kappa shape index (κ3) is 13.5. The van der Waals surface area contributed by atoms with Crippen LogP contribution < -0.4 is 29.6 Å². The van der Waals surface area contributed by atoms with E-state index in [9.17, 15) is 46.5 Å². The minimum Gasteiger partial charge on any atom is -0.484 e. The standard InChI is InChI=1S/C48H42N10O12S2/c1-31-23-43(53-69-31)55-71(63,64)41-15-7-37(8-16-41)51-47(61)35(27-49)25-33-3-11-39(12-4-33)67-29-45(59)57-19-21-58(22-20-57)46(60)30-68-40-13-5-34(6-14-40)26-36(28-50)48(62)52-38-9-17-42(18-10-38)72(65,66)56-44-24-32(2)70-54-44/h3-18,23-26H,19-22,29-30H2,1-2H3,(H,51,61)(H,52,62)(H,53,55)(H,54,56)/b35-25+,36-26+. The molecule has 368 valence electrons. The number of benzene rings is 4. The van der Waals surface area contributed by atoms with Crippen LogP contribution >= 0.6 is 0 Å². The Kier molecular flexibility index (Phi) is 15.8. The molecular formula is C48H42N10O12S2. The number of piperazine rings is 1. The molecule has 0 spiro atoms. The first-order valence-electron chi connectivity index (χ1n) is 21.5. The fourth-order valence-corrected chi connectivity index (χ4v) is 8.65. The molecule has 0 atom stereocenters. The lowest BCUT2D eigenvalue weighted by molar-refractivity contribution is -0.141. The lowest BCUT2D eigenvalue weighted by atomic mass is 10.1. The Balaban J connectivity index is 0.809. The van der Waals surface area contributed by atoms with Crippen molar-refractivity contribution < 1.29 is 54.5 Å². The van der Waals surface area contributed by atoms with Crippen LogP contribution in [-0.2, 0) is 39.2 Å². The van der Waals surface area contributed by atoms with Crippen molar-refractivity contribution in [3.63, 3.8) is 0 Å². The summed E-state index contributed by atoms with van der Waals surface area (Å²) in [4.78, 5) is 54.7. The summed E-state index contributed by atoms with van der Waals surface area (Å²) in [6, 6.07) is 29.9. The topological polar surface area (TPSA) is 309 Å². The number of nitrogens with zero attached hydrogens (tertiary/aromatic N) is 6. The van der Waals surface area contributed by atoms with Gasteiger partial charge in [-0.15, -0.1) is 0 Å². The van der Waals surface area contributed by atoms with Gasteiger partial charge in [-0.05, 0) is 110 Å². The van der Waals surface area contributed by atoms with Gasteiger partial charge in [0.15, 0.2) is 24.8 Å². The largest absolute Gasteiger partial charge is 0.484 e. The van der Waals surface area contributed by atoms with Crippen molar-refractivity contribution >= 4 is 78.8 Å². The zero-order chi connectivity index (χ0) is 51.4. The number of hydrogen-bond acceptors (Lipinski definition) is 16. The van der Waals surface area contributed by atoms with Crippen LogP contribution in [0.4, 0.5) is 23.0 Å². The summed E-state index contributed by atoms with van der Waals surface area (Å²) in [5, 5.41) is 31.7. The van der Waals surface area contributed by atoms with Gasteiger partial charge in [0.05, 0.1) is 9.79 Å². The Labute approximate surface area is 412 Å². The van der Waals surface area contributed by atoms with Crippen LogP contribution in [0, 0.1) is 36.5 Å². The summed E-state index contributed by atoms with van der Waals surface area (Å²) in [5.74, 6) is -0.421. The summed E-state index contributed by atoms with van der Waals surface area (Å²) < 4.78 is 76.4. The van der Waals surface area contributed by atoms with Gasteiger partial charge in [0.1, 0.15) is 46.3 Å². The SMILES string of the molecule is Cc1cc(NS(=O)(=O)c2ccc(NC(=O)/C(C#N)=C/c3ccc(OCC(=O)N4CCN(C(=O)COc5ccc(/C=C(\C#N)C(=O)Nc6ccc(S(=O)(=O)Nc7cc(C)on7)cc6)cc5)CC4)cc3)cc2)no1. The highest BCUT2D eigenvalue weighted by Gasteiger charge is 2.25. The van der Waals surface area contributed by atoms with E-state index < -0.39 is 31.9 Å². The number of rotatable bonds is 18. The average Bonchev–Trinajstić information content (AvgIpc) is 3.98. The number of aryl methyl sites for hydroxylation is 2. The monoisotopic (exact) mass is 1010 g/mol. The number of carbonyl (C=O) groups excluding carboxylic acids is 4. The molecule has 0 bridgehead atoms. The molecule has 7 rings (SSSR count). The Morgan fingerprint density at radius 1 is 0.583 bits per heavy atom. The zero-order valence-electron chi connectivity index (χ0n) is 38.2. The van der Waals surface area contributed by atoms with Gasteiger partial charge in [0.25, 0.3) is 43.7 Å². The second-order valence-corrected chi connectivity index (χ2v) is 19.0. The first kappa shape index (κ1) is 50.6. The molecule has 2 aromatic heterocycles. The summed E-state index contributed by atoms with van der Waals surface area (Å²) in [7, 11) is -7.95.